The molecule has 2 aromatic carbocycles. The third kappa shape index (κ3) is 4.86. The van der Waals surface area contributed by atoms with E-state index in [0.717, 1.165) is 11.1 Å². The Morgan fingerprint density at radius 2 is 1.43 bits per heavy atom. The Labute approximate surface area is 124 Å². The van der Waals surface area contributed by atoms with E-state index < -0.39 is 12.2 Å². The van der Waals surface area contributed by atoms with Gasteiger partial charge in [0.2, 0.25) is 0 Å². The molecule has 0 saturated carbocycles. The van der Waals surface area contributed by atoms with Gasteiger partial charge in [0.25, 0.3) is 0 Å². The molecule has 0 aliphatic carbocycles. The van der Waals surface area contributed by atoms with E-state index in [0.29, 0.717) is 19.5 Å². The Hall–Kier alpha value is -1.88. The van der Waals surface area contributed by atoms with Crippen LogP contribution in [0.15, 0.2) is 54.6 Å². The third-order valence-electron chi connectivity index (χ3n) is 3.39. The zero-order valence-corrected chi connectivity index (χ0v) is 11.8. The molecule has 2 atom stereocenters. The molecule has 0 radical (unpaired) electrons. The number of aliphatic hydroxyl groups is 2. The minimum absolute atomic E-state index is 0.185. The van der Waals surface area contributed by atoms with Gasteiger partial charge >= 0.3 is 0 Å². The fraction of sp³-hybridized carbons (Fsp3) is 0.294. The second-order valence-corrected chi connectivity index (χ2v) is 5.03. The minimum Gasteiger partial charge on any atom is -0.508 e. The predicted octanol–water partition coefficient (Wildman–Crippen LogP) is 2.14. The predicted molar refractivity (Wildman–Crippen MR) is 82.0 cm³/mol. The number of phenols is 1. The number of phenolic OH excluding ortho intramolecular Hbond substituents is 1. The molecular weight excluding hydrogens is 266 g/mol. The largest absolute Gasteiger partial charge is 0.508 e. The van der Waals surface area contributed by atoms with Crippen molar-refractivity contribution in [1.29, 1.82) is 0 Å². The normalized spacial score (nSPS) is 13.8. The van der Waals surface area contributed by atoms with E-state index in [2.05, 4.69) is 5.32 Å². The van der Waals surface area contributed by atoms with Crippen LogP contribution in [0.4, 0.5) is 0 Å². The molecule has 0 aliphatic rings. The summed E-state index contributed by atoms with van der Waals surface area (Å²) in [6.07, 6.45) is -0.532. The molecule has 0 aliphatic heterocycles. The van der Waals surface area contributed by atoms with Gasteiger partial charge in [-0.3, -0.25) is 0 Å². The molecule has 4 heteroatoms. The summed E-state index contributed by atoms with van der Waals surface area (Å²) in [5.74, 6) is 0.185. The molecule has 4 nitrogen and oxygen atoms in total. The summed E-state index contributed by atoms with van der Waals surface area (Å²) < 4.78 is 0. The highest BCUT2D eigenvalue weighted by Gasteiger charge is 2.09. The van der Waals surface area contributed by atoms with Crippen LogP contribution >= 0.6 is 0 Å². The van der Waals surface area contributed by atoms with Gasteiger partial charge in [-0.25, -0.2) is 0 Å². The van der Waals surface area contributed by atoms with Crippen LogP contribution in [0.2, 0.25) is 0 Å². The quantitative estimate of drug-likeness (QED) is 0.589. The number of aliphatic hydroxyl groups excluding tert-OH is 2. The first kappa shape index (κ1) is 15.5. The SMILES string of the molecule is Oc1ccc(C(O)CNCCC(O)c2ccccc2)cc1. The van der Waals surface area contributed by atoms with Gasteiger partial charge in [-0.05, 0) is 36.2 Å². The number of benzene rings is 2. The smallest absolute Gasteiger partial charge is 0.115 e. The summed E-state index contributed by atoms with van der Waals surface area (Å²) in [5.41, 5.74) is 1.65. The molecule has 2 unspecified atom stereocenters. The lowest BCUT2D eigenvalue weighted by Crippen LogP contribution is -2.23. The molecule has 4 N–H and O–H groups in total. The van der Waals surface area contributed by atoms with Crippen LogP contribution in [0.5, 0.6) is 5.75 Å². The van der Waals surface area contributed by atoms with Gasteiger partial charge in [-0.1, -0.05) is 42.5 Å². The first-order valence-electron chi connectivity index (χ1n) is 7.07. The summed E-state index contributed by atoms with van der Waals surface area (Å²) >= 11 is 0. The second kappa shape index (κ2) is 7.78. The van der Waals surface area contributed by atoms with Crippen molar-refractivity contribution in [1.82, 2.24) is 5.32 Å². The average molecular weight is 287 g/mol. The summed E-state index contributed by atoms with van der Waals surface area (Å²) in [6.45, 7) is 1.03. The Kier molecular flexibility index (Phi) is 5.75. The van der Waals surface area contributed by atoms with Crippen LogP contribution in [0.25, 0.3) is 0 Å². The van der Waals surface area contributed by atoms with Gasteiger partial charge in [-0.15, -0.1) is 0 Å². The van der Waals surface area contributed by atoms with Crippen molar-refractivity contribution in [3.05, 3.63) is 65.7 Å². The Morgan fingerprint density at radius 3 is 2.10 bits per heavy atom. The molecular formula is C17H21NO3. The van der Waals surface area contributed by atoms with Gasteiger partial charge < -0.3 is 20.6 Å². The van der Waals surface area contributed by atoms with E-state index in [9.17, 15) is 15.3 Å². The number of hydrogen-bond donors (Lipinski definition) is 4. The zero-order chi connectivity index (χ0) is 15.1. The first-order chi connectivity index (χ1) is 10.2. The molecule has 0 heterocycles. The van der Waals surface area contributed by atoms with Crippen LogP contribution in [0.1, 0.15) is 29.8 Å². The van der Waals surface area contributed by atoms with E-state index in [-0.39, 0.29) is 5.75 Å². The molecule has 0 amide bonds. The van der Waals surface area contributed by atoms with E-state index in [1.54, 1.807) is 24.3 Å². The zero-order valence-electron chi connectivity index (χ0n) is 11.8. The number of rotatable bonds is 7. The van der Waals surface area contributed by atoms with Gasteiger partial charge in [0.1, 0.15) is 5.75 Å². The lowest BCUT2D eigenvalue weighted by molar-refractivity contribution is 0.154. The highest BCUT2D eigenvalue weighted by Crippen LogP contribution is 2.17. The number of nitrogens with one attached hydrogen (secondary N) is 1. The molecule has 0 spiro atoms. The fourth-order valence-corrected chi connectivity index (χ4v) is 2.13. The standard InChI is InChI=1S/C17H21NO3/c19-15-8-6-14(7-9-15)17(21)12-18-11-10-16(20)13-4-2-1-3-5-13/h1-9,16-21H,10-12H2. The molecule has 21 heavy (non-hydrogen) atoms. The highest BCUT2D eigenvalue weighted by atomic mass is 16.3. The van der Waals surface area contributed by atoms with Gasteiger partial charge in [-0.2, -0.15) is 0 Å². The number of hydrogen-bond acceptors (Lipinski definition) is 4. The van der Waals surface area contributed by atoms with Crippen LogP contribution in [-0.4, -0.2) is 28.4 Å². The van der Waals surface area contributed by atoms with Crippen LogP contribution in [0.3, 0.4) is 0 Å². The highest BCUT2D eigenvalue weighted by molar-refractivity contribution is 5.27. The van der Waals surface area contributed by atoms with Crippen LogP contribution < -0.4 is 5.32 Å². The first-order valence-corrected chi connectivity index (χ1v) is 7.07. The van der Waals surface area contributed by atoms with Crippen LogP contribution in [-0.2, 0) is 0 Å². The Bertz CT molecular complexity index is 527. The molecule has 112 valence electrons. The second-order valence-electron chi connectivity index (χ2n) is 5.03. The van der Waals surface area contributed by atoms with Crippen molar-refractivity contribution in [2.75, 3.05) is 13.1 Å². The molecule has 2 rings (SSSR count). The fourth-order valence-electron chi connectivity index (χ4n) is 2.13. The van der Waals surface area contributed by atoms with E-state index in [1.165, 1.54) is 0 Å². The molecule has 0 bridgehead atoms. The maximum Gasteiger partial charge on any atom is 0.115 e. The van der Waals surface area contributed by atoms with Crippen molar-refractivity contribution in [3.8, 4) is 5.75 Å². The van der Waals surface area contributed by atoms with Gasteiger partial charge in [0, 0.05) is 6.54 Å². The van der Waals surface area contributed by atoms with Crippen molar-refractivity contribution < 1.29 is 15.3 Å². The Balaban J connectivity index is 1.71. The molecule has 0 fully saturated rings. The molecule has 2 aromatic rings. The molecule has 0 saturated heterocycles. The summed E-state index contributed by atoms with van der Waals surface area (Å²) in [6, 6.07) is 16.0. The topological polar surface area (TPSA) is 72.7 Å². The van der Waals surface area contributed by atoms with Gasteiger partial charge in [0.15, 0.2) is 0 Å². The maximum absolute atomic E-state index is 10.0. The van der Waals surface area contributed by atoms with Crippen molar-refractivity contribution in [2.24, 2.45) is 0 Å². The minimum atomic E-state index is -0.625. The average Bonchev–Trinajstić information content (AvgIpc) is 2.52. The summed E-state index contributed by atoms with van der Waals surface area (Å²) in [5, 5.41) is 32.3. The van der Waals surface area contributed by atoms with E-state index >= 15 is 0 Å². The number of aromatic hydroxyl groups is 1. The van der Waals surface area contributed by atoms with E-state index in [1.807, 2.05) is 30.3 Å². The van der Waals surface area contributed by atoms with Gasteiger partial charge in [0.05, 0.1) is 12.2 Å². The maximum atomic E-state index is 10.0. The lowest BCUT2D eigenvalue weighted by Gasteiger charge is -2.14. The molecule has 0 aromatic heterocycles. The lowest BCUT2D eigenvalue weighted by atomic mass is 10.1. The van der Waals surface area contributed by atoms with Crippen molar-refractivity contribution >= 4 is 0 Å². The third-order valence-corrected chi connectivity index (χ3v) is 3.39. The monoisotopic (exact) mass is 287 g/mol. The van der Waals surface area contributed by atoms with Crippen molar-refractivity contribution in [3.63, 3.8) is 0 Å². The van der Waals surface area contributed by atoms with Crippen LogP contribution in [0, 0.1) is 0 Å². The van der Waals surface area contributed by atoms with E-state index in [4.69, 9.17) is 0 Å². The Morgan fingerprint density at radius 1 is 0.810 bits per heavy atom. The van der Waals surface area contributed by atoms with Crippen molar-refractivity contribution in [2.45, 2.75) is 18.6 Å². The summed E-state index contributed by atoms with van der Waals surface area (Å²) in [7, 11) is 0. The summed E-state index contributed by atoms with van der Waals surface area (Å²) in [4.78, 5) is 0.